The van der Waals surface area contributed by atoms with Crippen LogP contribution in [0.4, 0.5) is 11.4 Å². The van der Waals surface area contributed by atoms with Crippen molar-refractivity contribution in [1.29, 1.82) is 0 Å². The van der Waals surface area contributed by atoms with Crippen molar-refractivity contribution in [2.75, 3.05) is 23.7 Å². The minimum atomic E-state index is -0.211. The highest BCUT2D eigenvalue weighted by molar-refractivity contribution is 6.43. The van der Waals surface area contributed by atoms with E-state index in [1.807, 2.05) is 6.07 Å². The van der Waals surface area contributed by atoms with Gasteiger partial charge in [0.05, 0.1) is 39.4 Å². The molecule has 0 spiro atoms. The number of rotatable bonds is 3. The Morgan fingerprint density at radius 1 is 1.33 bits per heavy atom. The second-order valence-electron chi connectivity index (χ2n) is 6.00. The Morgan fingerprint density at radius 2 is 2.12 bits per heavy atom. The number of aliphatic hydroxyl groups is 1. The monoisotopic (exact) mass is 366 g/mol. The first kappa shape index (κ1) is 17.3. The van der Waals surface area contributed by atoms with E-state index in [1.165, 1.54) is 0 Å². The van der Waals surface area contributed by atoms with Crippen LogP contribution in [0.5, 0.6) is 0 Å². The van der Waals surface area contributed by atoms with Gasteiger partial charge in [-0.05, 0) is 25.0 Å². The number of aliphatic hydroxyl groups excluding tert-OH is 1. The van der Waals surface area contributed by atoms with Gasteiger partial charge in [-0.1, -0.05) is 35.3 Å². The fourth-order valence-electron chi connectivity index (χ4n) is 3.14. The minimum Gasteiger partial charge on any atom is -0.397 e. The predicted molar refractivity (Wildman–Crippen MR) is 99.5 cm³/mol. The van der Waals surface area contributed by atoms with Crippen LogP contribution in [0.15, 0.2) is 24.3 Å². The molecule has 0 radical (unpaired) electrons. The zero-order valence-corrected chi connectivity index (χ0v) is 14.7. The van der Waals surface area contributed by atoms with Crippen molar-refractivity contribution in [1.82, 2.24) is 4.98 Å². The molecular formula is C17H20Cl2N4O. The second-order valence-corrected chi connectivity index (χ2v) is 6.79. The van der Waals surface area contributed by atoms with Crippen molar-refractivity contribution in [2.45, 2.75) is 25.5 Å². The van der Waals surface area contributed by atoms with Crippen LogP contribution in [0.1, 0.15) is 18.5 Å². The van der Waals surface area contributed by atoms with E-state index in [0.29, 0.717) is 39.2 Å². The summed E-state index contributed by atoms with van der Waals surface area (Å²) in [6.45, 7) is 1.34. The maximum Gasteiger partial charge on any atom is 0.0919 e. The number of piperidine rings is 1. The average molecular weight is 367 g/mol. The van der Waals surface area contributed by atoms with E-state index in [-0.39, 0.29) is 12.6 Å². The van der Waals surface area contributed by atoms with Crippen molar-refractivity contribution in [3.05, 3.63) is 40.0 Å². The zero-order chi connectivity index (χ0) is 17.3. The number of aromatic nitrogens is 1. The lowest BCUT2D eigenvalue weighted by Crippen LogP contribution is -2.43. The van der Waals surface area contributed by atoms with Crippen LogP contribution < -0.4 is 16.4 Å². The van der Waals surface area contributed by atoms with Gasteiger partial charge in [-0.3, -0.25) is 0 Å². The molecule has 2 heterocycles. The van der Waals surface area contributed by atoms with Crippen molar-refractivity contribution >= 4 is 34.6 Å². The lowest BCUT2D eigenvalue weighted by molar-refractivity contribution is 0.277. The van der Waals surface area contributed by atoms with Crippen molar-refractivity contribution < 1.29 is 5.11 Å². The minimum absolute atomic E-state index is 0.103. The standard InChI is InChI=1S/C17H20Cl2N4O/c18-12-5-1-4-11(16(12)19)14-7-13(21)17(15(9-24)22-14)23-6-2-3-10(20)8-23/h1,4-5,7,10,24H,2-3,6,8-9,20H2,(H2,21,22). The fourth-order valence-corrected chi connectivity index (χ4v) is 3.54. The lowest BCUT2D eigenvalue weighted by Gasteiger charge is -2.34. The van der Waals surface area contributed by atoms with Gasteiger partial charge in [-0.15, -0.1) is 0 Å². The smallest absolute Gasteiger partial charge is 0.0919 e. The van der Waals surface area contributed by atoms with Crippen molar-refractivity contribution in [3.63, 3.8) is 0 Å². The van der Waals surface area contributed by atoms with Crippen LogP contribution in [0.25, 0.3) is 11.3 Å². The molecule has 128 valence electrons. The van der Waals surface area contributed by atoms with Crippen LogP contribution in [0.3, 0.4) is 0 Å². The topological polar surface area (TPSA) is 88.4 Å². The molecule has 1 atom stereocenters. The molecule has 0 saturated carbocycles. The molecule has 0 aliphatic carbocycles. The summed E-state index contributed by atoms with van der Waals surface area (Å²) >= 11 is 12.4. The lowest BCUT2D eigenvalue weighted by atomic mass is 10.0. The number of anilines is 2. The summed E-state index contributed by atoms with van der Waals surface area (Å²) in [7, 11) is 0. The first-order valence-corrected chi connectivity index (χ1v) is 8.62. The third-order valence-corrected chi connectivity index (χ3v) is 5.06. The van der Waals surface area contributed by atoms with E-state index < -0.39 is 0 Å². The molecular weight excluding hydrogens is 347 g/mol. The van der Waals surface area contributed by atoms with Gasteiger partial charge in [0.1, 0.15) is 0 Å². The Balaban J connectivity index is 2.06. The van der Waals surface area contributed by atoms with E-state index in [1.54, 1.807) is 18.2 Å². The summed E-state index contributed by atoms with van der Waals surface area (Å²) in [4.78, 5) is 6.67. The number of nitrogens with two attached hydrogens (primary N) is 2. The van der Waals surface area contributed by atoms with Gasteiger partial charge in [0, 0.05) is 24.7 Å². The number of halogens is 2. The number of nitrogens with zero attached hydrogens (tertiary/aromatic N) is 2. The number of hydrogen-bond acceptors (Lipinski definition) is 5. The number of pyridine rings is 1. The number of nitrogen functional groups attached to an aromatic ring is 1. The van der Waals surface area contributed by atoms with Gasteiger partial charge in [0.2, 0.25) is 0 Å². The number of benzene rings is 1. The molecule has 1 aliphatic rings. The highest BCUT2D eigenvalue weighted by atomic mass is 35.5. The Hall–Kier alpha value is -1.53. The summed E-state index contributed by atoms with van der Waals surface area (Å²) in [6, 6.07) is 7.22. The normalized spacial score (nSPS) is 18.0. The summed E-state index contributed by atoms with van der Waals surface area (Å²) in [5.41, 5.74) is 15.5. The molecule has 1 aromatic heterocycles. The van der Waals surface area contributed by atoms with E-state index in [4.69, 9.17) is 34.7 Å². The van der Waals surface area contributed by atoms with Gasteiger partial charge < -0.3 is 21.5 Å². The maximum atomic E-state index is 9.80. The Labute approximate surface area is 151 Å². The third kappa shape index (κ3) is 3.30. The summed E-state index contributed by atoms with van der Waals surface area (Å²) in [6.07, 6.45) is 1.99. The third-order valence-electron chi connectivity index (χ3n) is 4.25. The molecule has 2 aromatic rings. The van der Waals surface area contributed by atoms with Crippen molar-refractivity contribution in [2.24, 2.45) is 5.73 Å². The molecule has 24 heavy (non-hydrogen) atoms. The van der Waals surface area contributed by atoms with E-state index >= 15 is 0 Å². The SMILES string of the molecule is Nc1cc(-c2cccc(Cl)c2Cl)nc(CO)c1N1CCCC(N)C1. The summed E-state index contributed by atoms with van der Waals surface area (Å²) in [5.74, 6) is 0. The Morgan fingerprint density at radius 3 is 2.83 bits per heavy atom. The van der Waals surface area contributed by atoms with Crippen LogP contribution in [0, 0.1) is 0 Å². The van der Waals surface area contributed by atoms with Gasteiger partial charge >= 0.3 is 0 Å². The zero-order valence-electron chi connectivity index (χ0n) is 13.2. The van der Waals surface area contributed by atoms with Crippen LogP contribution in [0.2, 0.25) is 10.0 Å². The highest BCUT2D eigenvalue weighted by Gasteiger charge is 2.23. The quantitative estimate of drug-likeness (QED) is 0.776. The van der Waals surface area contributed by atoms with Crippen LogP contribution in [-0.4, -0.2) is 29.2 Å². The number of hydrogen-bond donors (Lipinski definition) is 3. The summed E-state index contributed by atoms with van der Waals surface area (Å²) in [5, 5.41) is 10.7. The summed E-state index contributed by atoms with van der Waals surface area (Å²) < 4.78 is 0. The van der Waals surface area contributed by atoms with E-state index in [0.717, 1.165) is 25.1 Å². The van der Waals surface area contributed by atoms with Crippen LogP contribution >= 0.6 is 23.2 Å². The fraction of sp³-hybridized carbons (Fsp3) is 0.353. The molecule has 1 fully saturated rings. The Bertz CT molecular complexity index is 754. The van der Waals surface area contributed by atoms with E-state index in [2.05, 4.69) is 9.88 Å². The second kappa shape index (κ2) is 7.15. The molecule has 1 aliphatic heterocycles. The molecule has 3 rings (SSSR count). The molecule has 5 nitrogen and oxygen atoms in total. The highest BCUT2D eigenvalue weighted by Crippen LogP contribution is 2.37. The van der Waals surface area contributed by atoms with Gasteiger partial charge in [-0.25, -0.2) is 4.98 Å². The molecule has 5 N–H and O–H groups in total. The molecule has 0 bridgehead atoms. The van der Waals surface area contributed by atoms with Gasteiger partial charge in [0.15, 0.2) is 0 Å². The molecule has 7 heteroatoms. The van der Waals surface area contributed by atoms with Crippen molar-refractivity contribution in [3.8, 4) is 11.3 Å². The molecule has 1 saturated heterocycles. The molecule has 1 unspecified atom stereocenters. The molecule has 0 amide bonds. The largest absolute Gasteiger partial charge is 0.397 e. The maximum absolute atomic E-state index is 9.80. The van der Waals surface area contributed by atoms with E-state index in [9.17, 15) is 5.11 Å². The Kier molecular flexibility index (Phi) is 5.15. The van der Waals surface area contributed by atoms with Gasteiger partial charge in [0.25, 0.3) is 0 Å². The van der Waals surface area contributed by atoms with Crippen LogP contribution in [-0.2, 0) is 6.61 Å². The predicted octanol–water partition coefficient (Wildman–Crippen LogP) is 3.06. The van der Waals surface area contributed by atoms with Gasteiger partial charge in [-0.2, -0.15) is 0 Å². The first-order valence-electron chi connectivity index (χ1n) is 7.86. The first-order chi connectivity index (χ1) is 11.5. The molecule has 1 aromatic carbocycles. The average Bonchev–Trinajstić information content (AvgIpc) is 2.56.